The van der Waals surface area contributed by atoms with Crippen LogP contribution in [0.15, 0.2) is 42.5 Å². The third-order valence-corrected chi connectivity index (χ3v) is 6.23. The van der Waals surface area contributed by atoms with Gasteiger partial charge in [0.1, 0.15) is 23.4 Å². The van der Waals surface area contributed by atoms with Crippen molar-refractivity contribution >= 4 is 5.97 Å². The summed E-state index contributed by atoms with van der Waals surface area (Å²) in [6, 6.07) is 11.5. The van der Waals surface area contributed by atoms with Crippen molar-refractivity contribution in [3.63, 3.8) is 0 Å². The van der Waals surface area contributed by atoms with Crippen LogP contribution < -0.4 is 37.9 Å². The molecule has 1 aliphatic rings. The Hall–Kier alpha value is -4.31. The first-order valence-corrected chi connectivity index (χ1v) is 11.7. The molecule has 2 unspecified atom stereocenters. The quantitative estimate of drug-likeness (QED) is 0.324. The second-order valence-corrected chi connectivity index (χ2v) is 8.33. The van der Waals surface area contributed by atoms with Crippen LogP contribution in [0.1, 0.15) is 27.6 Å². The van der Waals surface area contributed by atoms with Gasteiger partial charge in [-0.25, -0.2) is 4.79 Å². The van der Waals surface area contributed by atoms with E-state index in [4.69, 9.17) is 37.9 Å². The summed E-state index contributed by atoms with van der Waals surface area (Å²) < 4.78 is 44.1. The van der Waals surface area contributed by atoms with Gasteiger partial charge in [0.15, 0.2) is 23.0 Å². The zero-order valence-electron chi connectivity index (χ0n) is 22.0. The molecule has 4 rings (SSSR count). The predicted molar refractivity (Wildman–Crippen MR) is 137 cm³/mol. The van der Waals surface area contributed by atoms with E-state index in [2.05, 4.69) is 0 Å². The van der Waals surface area contributed by atoms with Crippen molar-refractivity contribution in [2.75, 3.05) is 42.7 Å². The summed E-state index contributed by atoms with van der Waals surface area (Å²) in [5, 5.41) is 11.0. The van der Waals surface area contributed by atoms with Crippen LogP contribution in [-0.2, 0) is 6.42 Å². The Labute approximate surface area is 220 Å². The number of fused-ring (bicyclic) bond motifs is 1. The Kier molecular flexibility index (Phi) is 8.02. The molecule has 10 heteroatoms. The number of benzene rings is 3. The fourth-order valence-electron chi connectivity index (χ4n) is 4.33. The zero-order chi connectivity index (χ0) is 27.4. The molecule has 1 aliphatic heterocycles. The Morgan fingerprint density at radius 1 is 0.763 bits per heavy atom. The number of hydrogen-bond donors (Lipinski definition) is 1. The zero-order valence-corrected chi connectivity index (χ0v) is 22.0. The van der Waals surface area contributed by atoms with Crippen molar-refractivity contribution < 1.29 is 47.8 Å². The van der Waals surface area contributed by atoms with Gasteiger partial charge in [-0.15, -0.1) is 0 Å². The third-order valence-electron chi connectivity index (χ3n) is 6.23. The highest BCUT2D eigenvalue weighted by Crippen LogP contribution is 2.44. The highest BCUT2D eigenvalue weighted by Gasteiger charge is 2.33. The molecule has 1 heterocycles. The number of carbonyl (C=O) groups excluding carboxylic acids is 1. The van der Waals surface area contributed by atoms with E-state index >= 15 is 0 Å². The molecule has 0 radical (unpaired) electrons. The van der Waals surface area contributed by atoms with Gasteiger partial charge in [-0.05, 0) is 29.8 Å². The number of aliphatic hydroxyl groups is 1. The fraction of sp³-hybridized carbons (Fsp3) is 0.321. The lowest BCUT2D eigenvalue weighted by molar-refractivity contribution is 0.0196. The molecule has 202 valence electrons. The minimum Gasteiger partial charge on any atom is -0.496 e. The molecule has 0 aliphatic carbocycles. The van der Waals surface area contributed by atoms with Crippen LogP contribution in [-0.4, -0.2) is 59.8 Å². The lowest BCUT2D eigenvalue weighted by Crippen LogP contribution is -2.30. The number of esters is 1. The number of aliphatic hydroxyl groups excluding tert-OH is 1. The summed E-state index contributed by atoms with van der Waals surface area (Å²) in [5.74, 6) is 2.41. The van der Waals surface area contributed by atoms with Gasteiger partial charge in [0, 0.05) is 24.1 Å². The molecule has 38 heavy (non-hydrogen) atoms. The smallest absolute Gasteiger partial charge is 0.343 e. The monoisotopic (exact) mass is 526 g/mol. The Bertz CT molecular complexity index is 1290. The first-order chi connectivity index (χ1) is 18.4. The molecule has 3 aromatic rings. The van der Waals surface area contributed by atoms with Crippen molar-refractivity contribution in [1.82, 2.24) is 0 Å². The molecule has 1 N–H and O–H groups in total. The second-order valence-electron chi connectivity index (χ2n) is 8.33. The lowest BCUT2D eigenvalue weighted by Gasteiger charge is -2.32. The van der Waals surface area contributed by atoms with Crippen molar-refractivity contribution in [1.29, 1.82) is 0 Å². The van der Waals surface area contributed by atoms with Gasteiger partial charge in [0.25, 0.3) is 0 Å². The van der Waals surface area contributed by atoms with E-state index in [0.29, 0.717) is 52.2 Å². The van der Waals surface area contributed by atoms with E-state index in [-0.39, 0.29) is 11.3 Å². The number of ether oxygens (including phenoxy) is 8. The molecule has 10 nitrogen and oxygen atoms in total. The topological polar surface area (TPSA) is 111 Å². The van der Waals surface area contributed by atoms with E-state index in [1.165, 1.54) is 40.6 Å². The number of rotatable bonds is 9. The van der Waals surface area contributed by atoms with Gasteiger partial charge >= 0.3 is 5.97 Å². The largest absolute Gasteiger partial charge is 0.496 e. The molecule has 3 aromatic carbocycles. The molecule has 0 saturated carbocycles. The van der Waals surface area contributed by atoms with Crippen LogP contribution >= 0.6 is 0 Å². The van der Waals surface area contributed by atoms with Crippen LogP contribution in [0.2, 0.25) is 0 Å². The molecule has 0 amide bonds. The second kappa shape index (κ2) is 11.4. The van der Waals surface area contributed by atoms with E-state index < -0.39 is 18.2 Å². The number of hydrogen-bond acceptors (Lipinski definition) is 10. The SMILES string of the molecule is COc1cc(OC)c2c(c1)OC(c1ccc(OC)c(OC(=O)c3cc(OC)c(OC)c(OC)c3)c1)C(O)C2. The average molecular weight is 527 g/mol. The molecular weight excluding hydrogens is 496 g/mol. The van der Waals surface area contributed by atoms with E-state index in [9.17, 15) is 9.90 Å². The number of methoxy groups -OCH3 is 6. The van der Waals surface area contributed by atoms with E-state index in [0.717, 1.165) is 5.56 Å². The maximum absolute atomic E-state index is 13.1. The van der Waals surface area contributed by atoms with Crippen molar-refractivity contribution in [2.24, 2.45) is 0 Å². The Morgan fingerprint density at radius 2 is 1.42 bits per heavy atom. The van der Waals surface area contributed by atoms with Crippen molar-refractivity contribution in [3.05, 3.63) is 59.2 Å². The van der Waals surface area contributed by atoms with Crippen LogP contribution in [0.4, 0.5) is 0 Å². The molecular formula is C28H30O10. The van der Waals surface area contributed by atoms with Gasteiger partial charge in [0.05, 0.1) is 54.3 Å². The van der Waals surface area contributed by atoms with E-state index in [1.54, 1.807) is 44.6 Å². The summed E-state index contributed by atoms with van der Waals surface area (Å²) in [7, 11) is 8.95. The van der Waals surface area contributed by atoms with Crippen LogP contribution in [0.3, 0.4) is 0 Å². The van der Waals surface area contributed by atoms with Crippen LogP contribution in [0.25, 0.3) is 0 Å². The lowest BCUT2D eigenvalue weighted by atomic mass is 9.94. The maximum atomic E-state index is 13.1. The van der Waals surface area contributed by atoms with Gasteiger partial charge in [-0.2, -0.15) is 0 Å². The highest BCUT2D eigenvalue weighted by atomic mass is 16.6. The van der Waals surface area contributed by atoms with Gasteiger partial charge in [-0.3, -0.25) is 0 Å². The van der Waals surface area contributed by atoms with Crippen molar-refractivity contribution in [3.8, 4) is 46.0 Å². The Balaban J connectivity index is 1.66. The first-order valence-electron chi connectivity index (χ1n) is 11.7. The molecule has 2 atom stereocenters. The molecule has 0 spiro atoms. The fourth-order valence-corrected chi connectivity index (χ4v) is 4.33. The van der Waals surface area contributed by atoms with Crippen LogP contribution in [0.5, 0.6) is 46.0 Å². The predicted octanol–water partition coefficient (Wildman–Crippen LogP) is 3.99. The first kappa shape index (κ1) is 26.7. The van der Waals surface area contributed by atoms with Crippen LogP contribution in [0, 0.1) is 0 Å². The van der Waals surface area contributed by atoms with Crippen molar-refractivity contribution in [2.45, 2.75) is 18.6 Å². The normalized spacial score (nSPS) is 16.0. The summed E-state index contributed by atoms with van der Waals surface area (Å²) in [4.78, 5) is 13.1. The molecule has 0 saturated heterocycles. The van der Waals surface area contributed by atoms with Gasteiger partial charge < -0.3 is 43.0 Å². The average Bonchev–Trinajstić information content (AvgIpc) is 2.95. The minimum atomic E-state index is -0.892. The summed E-state index contributed by atoms with van der Waals surface area (Å²) >= 11 is 0. The van der Waals surface area contributed by atoms with Gasteiger partial charge in [0.2, 0.25) is 5.75 Å². The maximum Gasteiger partial charge on any atom is 0.343 e. The minimum absolute atomic E-state index is 0.147. The summed E-state index contributed by atoms with van der Waals surface area (Å²) in [5.41, 5.74) is 1.49. The van der Waals surface area contributed by atoms with Gasteiger partial charge in [-0.1, -0.05) is 6.07 Å². The Morgan fingerprint density at radius 3 is 2.00 bits per heavy atom. The van der Waals surface area contributed by atoms with E-state index in [1.807, 2.05) is 0 Å². The number of carbonyl (C=O) groups is 1. The summed E-state index contributed by atoms with van der Waals surface area (Å²) in [6.45, 7) is 0. The molecule has 0 bridgehead atoms. The molecule has 0 aromatic heterocycles. The standard InChI is InChI=1S/C28H30O10/c1-31-17-12-21(33-3)18-14-19(29)26(37-22(18)13-17)15-7-8-20(32-2)23(9-15)38-28(30)16-10-24(34-4)27(36-6)25(11-16)35-5/h7-13,19,26,29H,14H2,1-6H3. The highest BCUT2D eigenvalue weighted by molar-refractivity contribution is 5.93. The summed E-state index contributed by atoms with van der Waals surface area (Å²) in [6.07, 6.45) is -1.35. The molecule has 0 fully saturated rings. The third kappa shape index (κ3) is 5.08.